The van der Waals surface area contributed by atoms with Crippen LogP contribution in [0.1, 0.15) is 34.7 Å². The van der Waals surface area contributed by atoms with Crippen LogP contribution >= 0.6 is 12.2 Å². The summed E-state index contributed by atoms with van der Waals surface area (Å²) in [6.45, 7) is 1.67. The number of carbonyl (C=O) groups is 1. The largest absolute Gasteiger partial charge is 0.416 e. The third-order valence-corrected chi connectivity index (χ3v) is 4.44. The van der Waals surface area contributed by atoms with E-state index in [2.05, 4.69) is 37.6 Å². The van der Waals surface area contributed by atoms with E-state index in [-0.39, 0.29) is 17.2 Å². The second kappa shape index (κ2) is 8.53. The van der Waals surface area contributed by atoms with E-state index >= 15 is 0 Å². The average molecular weight is 435 g/mol. The number of rotatable bonds is 6. The summed E-state index contributed by atoms with van der Waals surface area (Å²) in [4.78, 5) is 26.6. The smallest absolute Gasteiger partial charge is 0.353 e. The molecule has 8 nitrogen and oxygen atoms in total. The number of thiocarbonyl (C=S) groups is 1. The van der Waals surface area contributed by atoms with Crippen molar-refractivity contribution in [2.24, 2.45) is 0 Å². The number of nitrogens with one attached hydrogen (secondary N) is 1. The van der Waals surface area contributed by atoms with Crippen LogP contribution in [-0.4, -0.2) is 48.1 Å². The molecule has 2 heterocycles. The van der Waals surface area contributed by atoms with Crippen LogP contribution in [0, 0.1) is 0 Å². The van der Waals surface area contributed by atoms with E-state index in [4.69, 9.17) is 0 Å². The van der Waals surface area contributed by atoms with Crippen molar-refractivity contribution in [3.63, 3.8) is 0 Å². The monoisotopic (exact) mass is 435 g/mol. The molecular weight excluding hydrogens is 419 g/mol. The Kier molecular flexibility index (Phi) is 6.06. The lowest BCUT2D eigenvalue weighted by Gasteiger charge is -2.25. The third kappa shape index (κ3) is 4.43. The maximum absolute atomic E-state index is 13.3. The second-order valence-electron chi connectivity index (χ2n) is 6.23. The molecule has 0 aliphatic rings. The first-order chi connectivity index (χ1) is 14.2. The van der Waals surface area contributed by atoms with Crippen molar-refractivity contribution >= 4 is 29.3 Å². The van der Waals surface area contributed by atoms with Gasteiger partial charge < -0.3 is 10.2 Å². The average Bonchev–Trinajstić information content (AvgIpc) is 3.22. The van der Waals surface area contributed by atoms with Gasteiger partial charge in [0, 0.05) is 30.7 Å². The molecule has 12 heteroatoms. The molecular formula is C18H16F3N7OS. The summed E-state index contributed by atoms with van der Waals surface area (Å²) >= 11 is 4.65. The molecule has 1 unspecified atom stereocenters. The van der Waals surface area contributed by atoms with Gasteiger partial charge in [0.2, 0.25) is 0 Å². The Morgan fingerprint density at radius 3 is 2.57 bits per heavy atom. The van der Waals surface area contributed by atoms with Gasteiger partial charge in [0.15, 0.2) is 5.82 Å². The van der Waals surface area contributed by atoms with E-state index in [9.17, 15) is 18.0 Å². The molecule has 0 saturated heterocycles. The Balaban J connectivity index is 1.94. The summed E-state index contributed by atoms with van der Waals surface area (Å²) < 4.78 is 41.1. The molecule has 1 atom stereocenters. The number of carbonyl (C=O) groups excluding carboxylic acids is 1. The number of amides is 1. The van der Waals surface area contributed by atoms with Crippen LogP contribution in [0.5, 0.6) is 0 Å². The number of aromatic nitrogens is 5. The van der Waals surface area contributed by atoms with Crippen molar-refractivity contribution in [2.75, 3.05) is 12.4 Å². The van der Waals surface area contributed by atoms with Crippen molar-refractivity contribution in [2.45, 2.75) is 19.1 Å². The van der Waals surface area contributed by atoms with Crippen molar-refractivity contribution in [3.8, 4) is 5.95 Å². The number of hydrogen-bond acceptors (Lipinski definition) is 6. The summed E-state index contributed by atoms with van der Waals surface area (Å²) in [7, 11) is 1.46. The third-order valence-electron chi connectivity index (χ3n) is 4.32. The fraction of sp³-hybridized carbons (Fsp3) is 0.222. The van der Waals surface area contributed by atoms with Gasteiger partial charge >= 0.3 is 6.18 Å². The number of halogens is 3. The highest BCUT2D eigenvalue weighted by Crippen LogP contribution is 2.32. The van der Waals surface area contributed by atoms with Gasteiger partial charge in [-0.15, -0.1) is 0 Å². The predicted octanol–water partition coefficient (Wildman–Crippen LogP) is 3.28. The molecule has 0 fully saturated rings. The van der Waals surface area contributed by atoms with Crippen LogP contribution in [0.3, 0.4) is 0 Å². The van der Waals surface area contributed by atoms with Crippen LogP contribution in [0.25, 0.3) is 5.95 Å². The number of alkyl halides is 3. The molecule has 1 N–H and O–H groups in total. The summed E-state index contributed by atoms with van der Waals surface area (Å²) in [5, 5.41) is 6.59. The minimum absolute atomic E-state index is 0.0603. The first-order valence-electron chi connectivity index (χ1n) is 8.59. The first-order valence-corrected chi connectivity index (χ1v) is 9.06. The van der Waals surface area contributed by atoms with Crippen LogP contribution in [-0.2, 0) is 6.18 Å². The molecule has 1 amide bonds. The van der Waals surface area contributed by atoms with Gasteiger partial charge in [-0.3, -0.25) is 4.79 Å². The molecule has 1 aromatic carbocycles. The Morgan fingerprint density at radius 2 is 1.93 bits per heavy atom. The number of benzene rings is 1. The van der Waals surface area contributed by atoms with E-state index < -0.39 is 23.7 Å². The zero-order valence-electron chi connectivity index (χ0n) is 15.8. The minimum Gasteiger partial charge on any atom is -0.353 e. The second-order valence-corrected chi connectivity index (χ2v) is 6.47. The van der Waals surface area contributed by atoms with Crippen molar-refractivity contribution in [1.29, 1.82) is 0 Å². The van der Waals surface area contributed by atoms with Gasteiger partial charge in [0.1, 0.15) is 6.33 Å². The topological polar surface area (TPSA) is 88.8 Å². The van der Waals surface area contributed by atoms with Gasteiger partial charge in [-0.25, -0.2) is 15.0 Å². The van der Waals surface area contributed by atoms with E-state index in [0.29, 0.717) is 5.82 Å². The van der Waals surface area contributed by atoms with E-state index in [1.165, 1.54) is 41.4 Å². The zero-order chi connectivity index (χ0) is 21.9. The van der Waals surface area contributed by atoms with Crippen molar-refractivity contribution in [1.82, 2.24) is 29.6 Å². The zero-order valence-corrected chi connectivity index (χ0v) is 16.6. The Morgan fingerprint density at radius 1 is 1.23 bits per heavy atom. The maximum atomic E-state index is 13.3. The Bertz CT molecular complexity index is 1060. The minimum atomic E-state index is -4.62. The lowest BCUT2D eigenvalue weighted by Crippen LogP contribution is -2.31. The van der Waals surface area contributed by atoms with E-state index in [1.807, 2.05) is 0 Å². The highest BCUT2D eigenvalue weighted by atomic mass is 32.1. The Hall–Kier alpha value is -3.41. The molecule has 3 rings (SSSR count). The number of anilines is 1. The lowest BCUT2D eigenvalue weighted by atomic mass is 10.1. The highest BCUT2D eigenvalue weighted by Gasteiger charge is 2.33. The van der Waals surface area contributed by atoms with Crippen LogP contribution in [0.2, 0.25) is 0 Å². The molecule has 0 saturated carbocycles. The molecule has 0 radical (unpaired) electrons. The van der Waals surface area contributed by atoms with Crippen molar-refractivity contribution < 1.29 is 18.0 Å². The molecule has 2 aromatic heterocycles. The van der Waals surface area contributed by atoms with E-state index in [1.54, 1.807) is 13.0 Å². The Labute approximate surface area is 174 Å². The summed E-state index contributed by atoms with van der Waals surface area (Å²) in [5.74, 6) is -0.0324. The quantitative estimate of drug-likeness (QED) is 0.595. The van der Waals surface area contributed by atoms with Gasteiger partial charge in [-0.1, -0.05) is 12.2 Å². The van der Waals surface area contributed by atoms with Gasteiger partial charge in [-0.05, 0) is 31.2 Å². The molecule has 0 aliphatic carbocycles. The van der Waals surface area contributed by atoms with Crippen LogP contribution in [0.4, 0.5) is 18.9 Å². The molecule has 0 spiro atoms. The van der Waals surface area contributed by atoms with Crippen molar-refractivity contribution in [3.05, 3.63) is 59.9 Å². The fourth-order valence-corrected chi connectivity index (χ4v) is 2.84. The normalized spacial score (nSPS) is 12.3. The maximum Gasteiger partial charge on any atom is 0.416 e. The molecule has 156 valence electrons. The SMILES string of the molecule is CC(c1ncnn1-c1ncccn1)N(C)C(=O)c1cc(NC=S)cc(C(F)(F)F)c1. The van der Waals surface area contributed by atoms with Gasteiger partial charge in [-0.2, -0.15) is 23.0 Å². The predicted molar refractivity (Wildman–Crippen MR) is 106 cm³/mol. The molecule has 0 aliphatic heterocycles. The van der Waals surface area contributed by atoms with Gasteiger partial charge in [0.05, 0.1) is 17.1 Å². The molecule has 0 bridgehead atoms. The molecule has 3 aromatic rings. The summed E-state index contributed by atoms with van der Waals surface area (Å²) in [5.41, 5.74) is 0.0125. The van der Waals surface area contributed by atoms with Crippen LogP contribution in [0.15, 0.2) is 43.0 Å². The first kappa shape index (κ1) is 21.3. The number of hydrogen-bond donors (Lipinski definition) is 1. The standard InChI is InChI=1S/C18H16F3N7OS/c1-11(15-24-9-26-28(15)17-22-4-3-5-23-17)27(2)16(29)12-6-13(18(19,20)21)8-14(7-12)25-10-30/h3-11H,1-2H3,(H,25,30). The highest BCUT2D eigenvalue weighted by molar-refractivity contribution is 7.79. The summed E-state index contributed by atoms with van der Waals surface area (Å²) in [6.07, 6.45) is -0.281. The lowest BCUT2D eigenvalue weighted by molar-refractivity contribution is -0.137. The molecule has 30 heavy (non-hydrogen) atoms. The fourth-order valence-electron chi connectivity index (χ4n) is 2.71. The summed E-state index contributed by atoms with van der Waals surface area (Å²) in [6, 6.07) is 3.98. The van der Waals surface area contributed by atoms with Gasteiger partial charge in [0.25, 0.3) is 11.9 Å². The van der Waals surface area contributed by atoms with E-state index in [0.717, 1.165) is 17.6 Å². The van der Waals surface area contributed by atoms with Crippen LogP contribution < -0.4 is 5.32 Å². The number of nitrogens with zero attached hydrogens (tertiary/aromatic N) is 6.